The number of nitrogens with one attached hydrogen (secondary N) is 1. The molecular formula is C15H17NO2. The highest BCUT2D eigenvalue weighted by molar-refractivity contribution is 5.94. The predicted molar refractivity (Wildman–Crippen MR) is 73.0 cm³/mol. The number of ether oxygens (including phenoxy) is 1. The van der Waals surface area contributed by atoms with E-state index in [1.807, 2.05) is 18.2 Å². The van der Waals surface area contributed by atoms with Crippen LogP contribution in [0.15, 0.2) is 37.4 Å². The zero-order chi connectivity index (χ0) is 13.0. The molecule has 18 heavy (non-hydrogen) atoms. The summed E-state index contributed by atoms with van der Waals surface area (Å²) in [6, 6.07) is 3.99. The first-order valence-corrected chi connectivity index (χ1v) is 6.05. The van der Waals surface area contributed by atoms with Crippen molar-refractivity contribution in [3.05, 3.63) is 48.6 Å². The highest BCUT2D eigenvalue weighted by Crippen LogP contribution is 2.31. The zero-order valence-corrected chi connectivity index (χ0v) is 10.4. The van der Waals surface area contributed by atoms with Gasteiger partial charge in [-0.1, -0.05) is 18.7 Å². The number of amides is 1. The van der Waals surface area contributed by atoms with Crippen LogP contribution in [0.5, 0.6) is 5.75 Å². The third kappa shape index (κ3) is 2.62. The SMILES string of the molecule is C=CCOc1cc2c(cc1CC=C)NC(=O)CC2. The molecule has 0 saturated heterocycles. The van der Waals surface area contributed by atoms with Gasteiger partial charge >= 0.3 is 0 Å². The zero-order valence-electron chi connectivity index (χ0n) is 10.4. The number of hydrogen-bond donors (Lipinski definition) is 1. The van der Waals surface area contributed by atoms with Crippen molar-refractivity contribution < 1.29 is 9.53 Å². The Labute approximate surface area is 107 Å². The smallest absolute Gasteiger partial charge is 0.224 e. The Morgan fingerprint density at radius 2 is 2.11 bits per heavy atom. The molecule has 0 aromatic heterocycles. The number of fused-ring (bicyclic) bond motifs is 1. The second-order valence-electron chi connectivity index (χ2n) is 4.26. The fourth-order valence-electron chi connectivity index (χ4n) is 2.05. The van der Waals surface area contributed by atoms with E-state index in [2.05, 4.69) is 18.5 Å². The summed E-state index contributed by atoms with van der Waals surface area (Å²) in [5, 5.41) is 2.89. The summed E-state index contributed by atoms with van der Waals surface area (Å²) in [5.74, 6) is 0.927. The van der Waals surface area contributed by atoms with Crippen LogP contribution in [0.1, 0.15) is 17.5 Å². The molecule has 2 rings (SSSR count). The summed E-state index contributed by atoms with van der Waals surface area (Å²) < 4.78 is 5.65. The Hall–Kier alpha value is -2.03. The number of allylic oxidation sites excluding steroid dienone is 1. The van der Waals surface area contributed by atoms with Crippen molar-refractivity contribution in [3.8, 4) is 5.75 Å². The maximum absolute atomic E-state index is 11.4. The minimum Gasteiger partial charge on any atom is -0.489 e. The average molecular weight is 243 g/mol. The van der Waals surface area contributed by atoms with E-state index >= 15 is 0 Å². The molecule has 1 aromatic carbocycles. The van der Waals surface area contributed by atoms with Crippen molar-refractivity contribution in [1.82, 2.24) is 0 Å². The highest BCUT2D eigenvalue weighted by atomic mass is 16.5. The van der Waals surface area contributed by atoms with Gasteiger partial charge < -0.3 is 10.1 Å². The number of aryl methyl sites for hydroxylation is 1. The van der Waals surface area contributed by atoms with E-state index in [4.69, 9.17) is 4.74 Å². The Bertz CT molecular complexity index is 492. The fourth-order valence-corrected chi connectivity index (χ4v) is 2.05. The molecule has 0 saturated carbocycles. The van der Waals surface area contributed by atoms with Crippen LogP contribution in [-0.4, -0.2) is 12.5 Å². The minimum atomic E-state index is 0.0758. The van der Waals surface area contributed by atoms with E-state index in [0.717, 1.165) is 35.4 Å². The molecule has 1 aliphatic rings. The number of carbonyl (C=O) groups is 1. The van der Waals surface area contributed by atoms with E-state index in [-0.39, 0.29) is 5.91 Å². The van der Waals surface area contributed by atoms with E-state index < -0.39 is 0 Å². The van der Waals surface area contributed by atoms with Crippen LogP contribution in [-0.2, 0) is 17.6 Å². The van der Waals surface area contributed by atoms with Crippen LogP contribution in [0, 0.1) is 0 Å². The maximum atomic E-state index is 11.4. The second-order valence-corrected chi connectivity index (χ2v) is 4.26. The molecule has 1 heterocycles. The normalized spacial score (nSPS) is 13.4. The van der Waals surface area contributed by atoms with Gasteiger partial charge in [0.25, 0.3) is 0 Å². The van der Waals surface area contributed by atoms with Crippen molar-refractivity contribution in [1.29, 1.82) is 0 Å². The summed E-state index contributed by atoms with van der Waals surface area (Å²) in [7, 11) is 0. The lowest BCUT2D eigenvalue weighted by Crippen LogP contribution is -2.19. The summed E-state index contributed by atoms with van der Waals surface area (Å²) in [4.78, 5) is 11.4. The van der Waals surface area contributed by atoms with Gasteiger partial charge in [0.2, 0.25) is 5.91 Å². The van der Waals surface area contributed by atoms with Gasteiger partial charge in [-0.25, -0.2) is 0 Å². The molecule has 0 atom stereocenters. The first-order chi connectivity index (χ1) is 8.74. The number of anilines is 1. The molecule has 0 aliphatic carbocycles. The third-order valence-electron chi connectivity index (χ3n) is 2.90. The lowest BCUT2D eigenvalue weighted by atomic mass is 9.98. The Morgan fingerprint density at radius 3 is 2.83 bits per heavy atom. The van der Waals surface area contributed by atoms with Crippen LogP contribution in [0.25, 0.3) is 0 Å². The quantitative estimate of drug-likeness (QED) is 0.807. The van der Waals surface area contributed by atoms with E-state index in [1.54, 1.807) is 6.08 Å². The molecule has 0 unspecified atom stereocenters. The van der Waals surface area contributed by atoms with Crippen LogP contribution in [0.2, 0.25) is 0 Å². The molecule has 3 nitrogen and oxygen atoms in total. The van der Waals surface area contributed by atoms with Gasteiger partial charge in [0, 0.05) is 12.1 Å². The molecule has 1 N–H and O–H groups in total. The standard InChI is InChI=1S/C15H17NO2/c1-3-5-12-9-13-11(6-7-15(17)16-13)10-14(12)18-8-4-2/h3-4,9-10H,1-2,5-8H2,(H,16,17). The molecule has 0 radical (unpaired) electrons. The number of carbonyl (C=O) groups excluding carboxylic acids is 1. The Balaban J connectivity index is 2.35. The van der Waals surface area contributed by atoms with Gasteiger partial charge in [0.05, 0.1) is 0 Å². The average Bonchev–Trinajstić information content (AvgIpc) is 2.36. The van der Waals surface area contributed by atoms with Gasteiger partial charge in [-0.05, 0) is 36.1 Å². The lowest BCUT2D eigenvalue weighted by molar-refractivity contribution is -0.116. The first kappa shape index (κ1) is 12.4. The number of benzene rings is 1. The monoisotopic (exact) mass is 243 g/mol. The van der Waals surface area contributed by atoms with Crippen LogP contribution in [0.3, 0.4) is 0 Å². The van der Waals surface area contributed by atoms with Crippen LogP contribution >= 0.6 is 0 Å². The highest BCUT2D eigenvalue weighted by Gasteiger charge is 2.17. The van der Waals surface area contributed by atoms with E-state index in [1.165, 1.54) is 0 Å². The number of rotatable bonds is 5. The minimum absolute atomic E-state index is 0.0758. The molecule has 1 amide bonds. The van der Waals surface area contributed by atoms with E-state index in [0.29, 0.717) is 13.0 Å². The molecule has 0 spiro atoms. The Kier molecular flexibility index (Phi) is 3.82. The summed E-state index contributed by atoms with van der Waals surface area (Å²) in [5.41, 5.74) is 3.06. The Morgan fingerprint density at radius 1 is 1.28 bits per heavy atom. The molecule has 1 aromatic rings. The van der Waals surface area contributed by atoms with Crippen molar-refractivity contribution >= 4 is 11.6 Å². The summed E-state index contributed by atoms with van der Waals surface area (Å²) in [6.07, 6.45) is 5.57. The maximum Gasteiger partial charge on any atom is 0.224 e. The molecular weight excluding hydrogens is 226 g/mol. The van der Waals surface area contributed by atoms with Gasteiger partial charge in [-0.15, -0.1) is 6.58 Å². The fraction of sp³-hybridized carbons (Fsp3) is 0.267. The first-order valence-electron chi connectivity index (χ1n) is 6.05. The summed E-state index contributed by atoms with van der Waals surface area (Å²) in [6.45, 7) is 7.87. The third-order valence-corrected chi connectivity index (χ3v) is 2.90. The van der Waals surface area contributed by atoms with Gasteiger partial charge in [0.1, 0.15) is 12.4 Å². The van der Waals surface area contributed by atoms with Crippen molar-refractivity contribution in [3.63, 3.8) is 0 Å². The van der Waals surface area contributed by atoms with E-state index in [9.17, 15) is 4.79 Å². The van der Waals surface area contributed by atoms with Gasteiger partial charge in [-0.3, -0.25) is 4.79 Å². The largest absolute Gasteiger partial charge is 0.489 e. The molecule has 1 aliphatic heterocycles. The van der Waals surface area contributed by atoms with Gasteiger partial charge in [-0.2, -0.15) is 0 Å². The van der Waals surface area contributed by atoms with Crippen molar-refractivity contribution in [2.24, 2.45) is 0 Å². The lowest BCUT2D eigenvalue weighted by Gasteiger charge is -2.20. The molecule has 0 bridgehead atoms. The molecule has 94 valence electrons. The molecule has 0 fully saturated rings. The van der Waals surface area contributed by atoms with Crippen molar-refractivity contribution in [2.75, 3.05) is 11.9 Å². The summed E-state index contributed by atoms with van der Waals surface area (Å²) >= 11 is 0. The molecule has 3 heteroatoms. The van der Waals surface area contributed by atoms with Crippen molar-refractivity contribution in [2.45, 2.75) is 19.3 Å². The predicted octanol–water partition coefficient (Wildman–Crippen LogP) is 2.86. The number of hydrogen-bond acceptors (Lipinski definition) is 2. The van der Waals surface area contributed by atoms with Gasteiger partial charge in [0.15, 0.2) is 0 Å². The van der Waals surface area contributed by atoms with Crippen LogP contribution in [0.4, 0.5) is 5.69 Å². The second kappa shape index (κ2) is 5.54. The topological polar surface area (TPSA) is 38.3 Å². The van der Waals surface area contributed by atoms with Crippen LogP contribution < -0.4 is 10.1 Å².